The van der Waals surface area contributed by atoms with Crippen molar-refractivity contribution in [1.29, 1.82) is 0 Å². The van der Waals surface area contributed by atoms with Crippen LogP contribution in [0.4, 0.5) is 5.69 Å². The summed E-state index contributed by atoms with van der Waals surface area (Å²) in [5, 5.41) is 15.3. The summed E-state index contributed by atoms with van der Waals surface area (Å²) >= 11 is 6.24. The molecule has 1 N–H and O–H groups in total. The Labute approximate surface area is 124 Å². The quantitative estimate of drug-likeness (QED) is 0.791. The summed E-state index contributed by atoms with van der Waals surface area (Å²) in [6, 6.07) is 6.11. The Morgan fingerprint density at radius 2 is 2.20 bits per heavy atom. The Kier molecular flexibility index (Phi) is 5.35. The van der Waals surface area contributed by atoms with Gasteiger partial charge in [0.15, 0.2) is 0 Å². The first-order valence-electron chi connectivity index (χ1n) is 7.00. The van der Waals surface area contributed by atoms with E-state index in [1.807, 2.05) is 18.2 Å². The van der Waals surface area contributed by atoms with E-state index in [2.05, 4.69) is 34.7 Å². The van der Waals surface area contributed by atoms with Gasteiger partial charge in [0.1, 0.15) is 6.33 Å². The van der Waals surface area contributed by atoms with E-state index in [9.17, 15) is 0 Å². The molecule has 0 amide bonds. The fourth-order valence-electron chi connectivity index (χ4n) is 2.08. The molecule has 2 rings (SSSR count). The van der Waals surface area contributed by atoms with Crippen LogP contribution in [0.3, 0.4) is 0 Å². The molecule has 1 aromatic carbocycles. The van der Waals surface area contributed by atoms with E-state index in [1.54, 1.807) is 11.0 Å². The van der Waals surface area contributed by atoms with Crippen LogP contribution >= 0.6 is 11.6 Å². The molecule has 20 heavy (non-hydrogen) atoms. The molecule has 2 aromatic rings. The third kappa shape index (κ3) is 3.93. The molecule has 1 heterocycles. The van der Waals surface area contributed by atoms with Crippen molar-refractivity contribution < 1.29 is 0 Å². The number of aromatic nitrogens is 4. The van der Waals surface area contributed by atoms with Gasteiger partial charge in [0, 0.05) is 6.04 Å². The summed E-state index contributed by atoms with van der Waals surface area (Å²) in [5.41, 5.74) is 1.81. The van der Waals surface area contributed by atoms with Crippen LogP contribution in [0.25, 0.3) is 5.69 Å². The first-order valence-corrected chi connectivity index (χ1v) is 7.38. The van der Waals surface area contributed by atoms with Gasteiger partial charge in [-0.1, -0.05) is 37.8 Å². The van der Waals surface area contributed by atoms with E-state index < -0.39 is 0 Å². The van der Waals surface area contributed by atoms with Crippen molar-refractivity contribution >= 4 is 17.3 Å². The third-order valence-corrected chi connectivity index (χ3v) is 3.54. The second kappa shape index (κ2) is 7.24. The summed E-state index contributed by atoms with van der Waals surface area (Å²) in [6.45, 7) is 4.39. The van der Waals surface area contributed by atoms with Crippen molar-refractivity contribution in [3.63, 3.8) is 0 Å². The lowest BCUT2D eigenvalue weighted by Crippen LogP contribution is -2.15. The minimum Gasteiger partial charge on any atom is -0.381 e. The summed E-state index contributed by atoms with van der Waals surface area (Å²) in [7, 11) is 0. The lowest BCUT2D eigenvalue weighted by molar-refractivity contribution is 0.615. The summed E-state index contributed by atoms with van der Waals surface area (Å²) < 4.78 is 1.61. The maximum Gasteiger partial charge on any atom is 0.143 e. The van der Waals surface area contributed by atoms with Gasteiger partial charge in [-0.2, -0.15) is 0 Å². The molecule has 0 aliphatic carbocycles. The Hall–Kier alpha value is -1.62. The molecule has 5 nitrogen and oxygen atoms in total. The minimum atomic E-state index is 0.392. The second-order valence-electron chi connectivity index (χ2n) is 4.96. The molecule has 0 spiro atoms. The van der Waals surface area contributed by atoms with Crippen molar-refractivity contribution in [3.05, 3.63) is 29.5 Å². The number of nitrogens with one attached hydrogen (secondary N) is 1. The monoisotopic (exact) mass is 293 g/mol. The van der Waals surface area contributed by atoms with Gasteiger partial charge in [-0.15, -0.1) is 5.10 Å². The molecule has 0 aliphatic rings. The molecule has 1 unspecified atom stereocenters. The van der Waals surface area contributed by atoms with Crippen LogP contribution in [-0.4, -0.2) is 26.2 Å². The highest BCUT2D eigenvalue weighted by Gasteiger charge is 2.08. The number of benzene rings is 1. The fraction of sp³-hybridized carbons (Fsp3) is 0.500. The minimum absolute atomic E-state index is 0.392. The van der Waals surface area contributed by atoms with Gasteiger partial charge in [0.25, 0.3) is 0 Å². The number of tetrazole rings is 1. The van der Waals surface area contributed by atoms with E-state index in [1.165, 1.54) is 19.3 Å². The topological polar surface area (TPSA) is 55.6 Å². The van der Waals surface area contributed by atoms with Gasteiger partial charge >= 0.3 is 0 Å². The van der Waals surface area contributed by atoms with E-state index >= 15 is 0 Å². The van der Waals surface area contributed by atoms with Crippen LogP contribution < -0.4 is 5.32 Å². The van der Waals surface area contributed by atoms with Crippen LogP contribution in [0.2, 0.25) is 5.02 Å². The zero-order chi connectivity index (χ0) is 14.4. The van der Waals surface area contributed by atoms with Gasteiger partial charge in [-0.3, -0.25) is 0 Å². The first-order chi connectivity index (χ1) is 9.70. The van der Waals surface area contributed by atoms with Gasteiger partial charge < -0.3 is 5.32 Å². The molecule has 1 aromatic heterocycles. The number of halogens is 1. The number of rotatable bonds is 7. The maximum absolute atomic E-state index is 6.24. The molecule has 0 aliphatic heterocycles. The smallest absolute Gasteiger partial charge is 0.143 e. The molecule has 0 radical (unpaired) electrons. The summed E-state index contributed by atoms with van der Waals surface area (Å²) in [5.74, 6) is 0. The van der Waals surface area contributed by atoms with Crippen molar-refractivity contribution in [2.45, 2.75) is 45.6 Å². The highest BCUT2D eigenvalue weighted by atomic mass is 35.5. The first kappa shape index (κ1) is 14.8. The molecule has 1 atom stereocenters. The van der Waals surface area contributed by atoms with Crippen LogP contribution in [0.15, 0.2) is 24.5 Å². The van der Waals surface area contributed by atoms with Crippen molar-refractivity contribution in [2.24, 2.45) is 0 Å². The number of anilines is 1. The van der Waals surface area contributed by atoms with Gasteiger partial charge in [-0.25, -0.2) is 4.68 Å². The van der Waals surface area contributed by atoms with Crippen LogP contribution in [0.1, 0.15) is 39.5 Å². The van der Waals surface area contributed by atoms with Crippen molar-refractivity contribution in [1.82, 2.24) is 20.2 Å². The average molecular weight is 294 g/mol. The second-order valence-corrected chi connectivity index (χ2v) is 5.37. The number of nitrogens with zero attached hydrogens (tertiary/aromatic N) is 4. The molecular weight excluding hydrogens is 274 g/mol. The zero-order valence-corrected chi connectivity index (χ0v) is 12.6. The Morgan fingerprint density at radius 3 is 2.90 bits per heavy atom. The molecule has 108 valence electrons. The Bertz CT molecular complexity index is 526. The molecule has 0 saturated carbocycles. The van der Waals surface area contributed by atoms with Crippen molar-refractivity contribution in [2.75, 3.05) is 5.32 Å². The number of hydrogen-bond donors (Lipinski definition) is 1. The van der Waals surface area contributed by atoms with Crippen LogP contribution in [0.5, 0.6) is 0 Å². The van der Waals surface area contributed by atoms with Crippen LogP contribution in [0, 0.1) is 0 Å². The SMILES string of the molecule is CCCCCC(C)Nc1cc(-n2cnnn2)ccc1Cl. The van der Waals surface area contributed by atoms with Crippen LogP contribution in [-0.2, 0) is 0 Å². The zero-order valence-electron chi connectivity index (χ0n) is 11.9. The normalized spacial score (nSPS) is 12.3. The van der Waals surface area contributed by atoms with Gasteiger partial charge in [-0.05, 0) is 42.0 Å². The van der Waals surface area contributed by atoms with E-state index in [0.717, 1.165) is 17.8 Å². The van der Waals surface area contributed by atoms with E-state index in [-0.39, 0.29) is 0 Å². The highest BCUT2D eigenvalue weighted by Crippen LogP contribution is 2.25. The summed E-state index contributed by atoms with van der Waals surface area (Å²) in [4.78, 5) is 0. The molecule has 6 heteroatoms. The van der Waals surface area contributed by atoms with Crippen molar-refractivity contribution in [3.8, 4) is 5.69 Å². The summed E-state index contributed by atoms with van der Waals surface area (Å²) in [6.07, 6.45) is 6.44. The van der Waals surface area contributed by atoms with E-state index in [0.29, 0.717) is 11.1 Å². The highest BCUT2D eigenvalue weighted by molar-refractivity contribution is 6.33. The lowest BCUT2D eigenvalue weighted by Gasteiger charge is -2.17. The average Bonchev–Trinajstić information content (AvgIpc) is 2.95. The maximum atomic E-state index is 6.24. The largest absolute Gasteiger partial charge is 0.381 e. The molecule has 0 bridgehead atoms. The predicted molar refractivity (Wildman–Crippen MR) is 81.4 cm³/mol. The Morgan fingerprint density at radius 1 is 1.35 bits per heavy atom. The molecular formula is C14H20ClN5. The van der Waals surface area contributed by atoms with Gasteiger partial charge in [0.2, 0.25) is 0 Å². The fourth-order valence-corrected chi connectivity index (χ4v) is 2.26. The number of hydrogen-bond acceptors (Lipinski definition) is 4. The van der Waals surface area contributed by atoms with E-state index in [4.69, 9.17) is 11.6 Å². The third-order valence-electron chi connectivity index (χ3n) is 3.21. The Balaban J connectivity index is 2.05. The standard InChI is InChI=1S/C14H20ClN5/c1-3-4-5-6-11(2)17-14-9-12(7-8-13(14)15)20-10-16-18-19-20/h7-11,17H,3-6H2,1-2H3. The lowest BCUT2D eigenvalue weighted by atomic mass is 10.1. The molecule has 0 fully saturated rings. The molecule has 0 saturated heterocycles. The van der Waals surface area contributed by atoms with Gasteiger partial charge in [0.05, 0.1) is 16.4 Å². The predicted octanol–water partition coefficient (Wildman–Crippen LogP) is 3.70. The number of unbranched alkanes of at least 4 members (excludes halogenated alkanes) is 2.